The van der Waals surface area contributed by atoms with Crippen LogP contribution in [0.4, 0.5) is 26.3 Å². The van der Waals surface area contributed by atoms with Crippen molar-refractivity contribution in [1.82, 2.24) is 19.6 Å². The Kier molecular flexibility index (Phi) is 16.5. The zero-order chi connectivity index (χ0) is 48.0. The molecule has 66 heavy (non-hydrogen) atoms. The number of rotatable bonds is 14. The zero-order valence-electron chi connectivity index (χ0n) is 36.4. The number of benzene rings is 2. The van der Waals surface area contributed by atoms with Gasteiger partial charge in [-0.3, -0.25) is 19.2 Å². The molecule has 2 saturated carbocycles. The molecule has 6 atom stereocenters. The second-order valence-electron chi connectivity index (χ2n) is 18.4. The minimum atomic E-state index is -1.26. The number of nitrogens with two attached hydrogens (primary N) is 2. The maximum atomic E-state index is 13.8. The topological polar surface area (TPSA) is 208 Å². The van der Waals surface area contributed by atoms with Gasteiger partial charge in [0.25, 0.3) is 0 Å². The molecule has 6 aliphatic rings. The lowest BCUT2D eigenvalue weighted by atomic mass is 10.0. The van der Waals surface area contributed by atoms with E-state index in [1.165, 1.54) is 0 Å². The first-order chi connectivity index (χ1) is 31.3. The monoisotopic (exact) mass is 934 g/mol. The molecule has 14 nitrogen and oxygen atoms in total. The van der Waals surface area contributed by atoms with Crippen molar-refractivity contribution in [2.24, 2.45) is 35.1 Å². The second kappa shape index (κ2) is 21.9. The summed E-state index contributed by atoms with van der Waals surface area (Å²) in [6.45, 7) is 3.79. The molecule has 0 aromatic heterocycles. The standard InChI is InChI=1S/2C21H26F3N3O2.C4H4O4/c2*22-16-9-18(24)17(23)7-14(16)6-15(25)8-21(29)27-4-3-13-10-26(11-19(13)27)20(28)5-12-1-2-12;5-3(6)1-2-4(7)8/h2*7,9,12-13,15,19H,1-6,8,10-11,25H2;1-2H,(H,5,6)(H,7,8)/b;;2-1+/t2*13-,15+,19+;/m00./s1. The molecular weight excluding hydrogens is 879 g/mol. The molecule has 4 saturated heterocycles. The van der Waals surface area contributed by atoms with Crippen LogP contribution in [-0.2, 0) is 41.6 Å². The first-order valence-electron chi connectivity index (χ1n) is 22.3. The molecule has 4 heterocycles. The maximum Gasteiger partial charge on any atom is 0.328 e. The Labute approximate surface area is 377 Å². The van der Waals surface area contributed by atoms with Crippen LogP contribution in [0.5, 0.6) is 0 Å². The lowest BCUT2D eigenvalue weighted by Crippen LogP contribution is -2.43. The quantitative estimate of drug-likeness (QED) is 0.121. The Bertz CT molecular complexity index is 2040. The van der Waals surface area contributed by atoms with Crippen molar-refractivity contribution in [2.75, 3.05) is 39.3 Å². The van der Waals surface area contributed by atoms with E-state index in [9.17, 15) is 55.1 Å². The molecule has 4 amide bonds. The highest BCUT2D eigenvalue weighted by Crippen LogP contribution is 2.38. The molecule has 2 aromatic rings. The van der Waals surface area contributed by atoms with Gasteiger partial charge in [-0.25, -0.2) is 35.9 Å². The molecule has 0 unspecified atom stereocenters. The summed E-state index contributed by atoms with van der Waals surface area (Å²) >= 11 is 0. The number of hydrogen-bond donors (Lipinski definition) is 4. The molecule has 2 aliphatic carbocycles. The van der Waals surface area contributed by atoms with Crippen LogP contribution in [0.1, 0.15) is 75.3 Å². The van der Waals surface area contributed by atoms with Gasteiger partial charge in [0.15, 0.2) is 23.3 Å². The number of halogens is 6. The van der Waals surface area contributed by atoms with Gasteiger partial charge >= 0.3 is 11.9 Å². The molecule has 0 spiro atoms. The van der Waals surface area contributed by atoms with Crippen molar-refractivity contribution in [3.8, 4) is 0 Å². The molecule has 20 heteroatoms. The van der Waals surface area contributed by atoms with Crippen LogP contribution in [0.2, 0.25) is 0 Å². The van der Waals surface area contributed by atoms with Gasteiger partial charge in [-0.2, -0.15) is 0 Å². The first-order valence-corrected chi connectivity index (χ1v) is 22.3. The van der Waals surface area contributed by atoms with E-state index in [1.54, 1.807) is 9.80 Å². The predicted octanol–water partition coefficient (Wildman–Crippen LogP) is 4.16. The van der Waals surface area contributed by atoms with E-state index in [-0.39, 0.29) is 72.5 Å². The van der Waals surface area contributed by atoms with Crippen LogP contribution in [-0.4, -0.2) is 129 Å². The van der Waals surface area contributed by atoms with Crippen LogP contribution >= 0.6 is 0 Å². The van der Waals surface area contributed by atoms with Gasteiger partial charge < -0.3 is 41.3 Å². The molecule has 6 N–H and O–H groups in total. The third kappa shape index (κ3) is 13.5. The van der Waals surface area contributed by atoms with E-state index >= 15 is 0 Å². The normalized spacial score (nSPS) is 22.8. The molecule has 8 rings (SSSR count). The van der Waals surface area contributed by atoms with Crippen LogP contribution in [0.3, 0.4) is 0 Å². The Morgan fingerprint density at radius 3 is 1.21 bits per heavy atom. The molecule has 2 aromatic carbocycles. The number of carboxylic acid groups (broad SMARTS) is 2. The van der Waals surface area contributed by atoms with Crippen molar-refractivity contribution < 1.29 is 65.3 Å². The van der Waals surface area contributed by atoms with Crippen LogP contribution in [0.15, 0.2) is 36.4 Å². The molecule has 6 fully saturated rings. The number of carbonyl (C=O) groups excluding carboxylic acids is 4. The third-order valence-electron chi connectivity index (χ3n) is 13.1. The van der Waals surface area contributed by atoms with E-state index in [0.29, 0.717) is 100 Å². The van der Waals surface area contributed by atoms with Crippen LogP contribution in [0.25, 0.3) is 0 Å². The first kappa shape index (κ1) is 49.9. The van der Waals surface area contributed by atoms with E-state index in [1.807, 2.05) is 9.80 Å². The second-order valence-corrected chi connectivity index (χ2v) is 18.4. The Balaban J connectivity index is 0.000000188. The summed E-state index contributed by atoms with van der Waals surface area (Å²) in [6, 6.07) is 1.20. The molecule has 360 valence electrons. The SMILES string of the molecule is N[C@@H](CC(=O)N1CC[C@H]2CN(C(=O)CC3CC3)C[C@H]21)Cc1cc(F)c(F)cc1F.N[C@@H](CC(=O)N1CC[C@H]2CN(C(=O)CC3CC3)C[C@H]21)Cc1cc(F)c(F)cc1F.O=C(O)/C=C/C(=O)O. The van der Waals surface area contributed by atoms with E-state index in [4.69, 9.17) is 21.7 Å². The van der Waals surface area contributed by atoms with Gasteiger partial charge in [0.1, 0.15) is 11.6 Å². The van der Waals surface area contributed by atoms with Crippen LogP contribution < -0.4 is 11.5 Å². The van der Waals surface area contributed by atoms with Gasteiger partial charge in [-0.15, -0.1) is 0 Å². The van der Waals surface area contributed by atoms with E-state index < -0.39 is 58.9 Å². The lowest BCUT2D eigenvalue weighted by molar-refractivity contribution is -0.134. The van der Waals surface area contributed by atoms with Crippen molar-refractivity contribution in [3.05, 3.63) is 82.4 Å². The predicted molar refractivity (Wildman–Crippen MR) is 225 cm³/mol. The van der Waals surface area contributed by atoms with Crippen LogP contribution in [0, 0.1) is 58.6 Å². The number of hydrogen-bond acceptors (Lipinski definition) is 8. The smallest absolute Gasteiger partial charge is 0.328 e. The number of amides is 4. The van der Waals surface area contributed by atoms with Crippen molar-refractivity contribution >= 4 is 35.6 Å². The lowest BCUT2D eigenvalue weighted by Gasteiger charge is -2.26. The number of carboxylic acids is 2. The van der Waals surface area contributed by atoms with Crippen molar-refractivity contribution in [1.29, 1.82) is 0 Å². The molecule has 4 aliphatic heterocycles. The summed E-state index contributed by atoms with van der Waals surface area (Å²) in [5.41, 5.74) is 11.9. The summed E-state index contributed by atoms with van der Waals surface area (Å²) in [5, 5.41) is 15.6. The summed E-state index contributed by atoms with van der Waals surface area (Å²) in [6.07, 6.45) is 8.47. The number of fused-ring (bicyclic) bond motifs is 2. The number of aliphatic carboxylic acids is 2. The van der Waals surface area contributed by atoms with Crippen molar-refractivity contribution in [2.45, 2.75) is 101 Å². The minimum Gasteiger partial charge on any atom is -0.478 e. The Morgan fingerprint density at radius 1 is 0.530 bits per heavy atom. The summed E-state index contributed by atoms with van der Waals surface area (Å²) in [7, 11) is 0. The third-order valence-corrected chi connectivity index (χ3v) is 13.1. The summed E-state index contributed by atoms with van der Waals surface area (Å²) < 4.78 is 80.5. The number of likely N-dealkylation sites (tertiary alicyclic amines) is 4. The highest BCUT2D eigenvalue weighted by atomic mass is 19.2. The fourth-order valence-corrected chi connectivity index (χ4v) is 9.32. The fourth-order valence-electron chi connectivity index (χ4n) is 9.32. The Hall–Kier alpha value is -5.50. The highest BCUT2D eigenvalue weighted by Gasteiger charge is 2.46. The zero-order valence-corrected chi connectivity index (χ0v) is 36.4. The Morgan fingerprint density at radius 2 is 0.879 bits per heavy atom. The maximum absolute atomic E-state index is 13.8. The van der Waals surface area contributed by atoms with Gasteiger partial charge in [-0.05, 0) is 86.5 Å². The average molecular weight is 935 g/mol. The fraction of sp³-hybridized carbons (Fsp3) is 0.565. The van der Waals surface area contributed by atoms with Gasteiger partial charge in [-0.1, -0.05) is 0 Å². The molecule has 0 bridgehead atoms. The van der Waals surface area contributed by atoms with Crippen molar-refractivity contribution in [3.63, 3.8) is 0 Å². The minimum absolute atomic E-state index is 0.00231. The number of nitrogens with zero attached hydrogens (tertiary/aromatic N) is 4. The van der Waals surface area contributed by atoms with Gasteiger partial charge in [0, 0.05) is 113 Å². The largest absolute Gasteiger partial charge is 0.478 e. The number of carbonyl (C=O) groups is 6. The molecule has 0 radical (unpaired) electrons. The van der Waals surface area contributed by atoms with Gasteiger partial charge in [0.05, 0.1) is 12.1 Å². The molecular formula is C46H56F6N6O8. The summed E-state index contributed by atoms with van der Waals surface area (Å²) in [4.78, 5) is 76.7. The van der Waals surface area contributed by atoms with Gasteiger partial charge in [0.2, 0.25) is 23.6 Å². The van der Waals surface area contributed by atoms with E-state index in [0.717, 1.165) is 50.7 Å². The average Bonchev–Trinajstić information content (AvgIpc) is 4.03. The highest BCUT2D eigenvalue weighted by molar-refractivity contribution is 5.89. The summed E-state index contributed by atoms with van der Waals surface area (Å²) in [5.74, 6) is -7.26. The van der Waals surface area contributed by atoms with E-state index in [2.05, 4.69) is 0 Å².